The Balaban J connectivity index is 3.32. The predicted molar refractivity (Wildman–Crippen MR) is 48.3 cm³/mol. The molecule has 76 valence electrons. The summed E-state index contributed by atoms with van der Waals surface area (Å²) in [4.78, 5) is 21.4. The van der Waals surface area contributed by atoms with Crippen LogP contribution in [0.15, 0.2) is 0 Å². The molecule has 0 unspecified atom stereocenters. The molecule has 0 aliphatic rings. The molecule has 0 saturated carbocycles. The molecule has 0 atom stereocenters. The van der Waals surface area contributed by atoms with E-state index in [4.69, 9.17) is 5.21 Å². The average molecular weight is 187 g/mol. The van der Waals surface area contributed by atoms with Crippen LogP contribution in [0, 0.1) is 0 Å². The molecule has 2 N–H and O–H groups in total. The lowest BCUT2D eigenvalue weighted by molar-refractivity contribution is -0.143. The van der Waals surface area contributed by atoms with Gasteiger partial charge in [0.15, 0.2) is 0 Å². The van der Waals surface area contributed by atoms with Gasteiger partial charge in [0.2, 0.25) is 5.78 Å². The number of carbonyl (C=O) groups excluding carboxylic acids is 2. The number of amides is 1. The largest absolute Gasteiger partial charge is 0.310 e. The summed E-state index contributed by atoms with van der Waals surface area (Å²) in [5.41, 5.74) is 1.33. The van der Waals surface area contributed by atoms with Gasteiger partial charge in [-0.25, -0.2) is 5.48 Å². The first-order valence-corrected chi connectivity index (χ1v) is 4.69. The van der Waals surface area contributed by atoms with E-state index >= 15 is 0 Å². The SMILES string of the molecule is CCCCCCCC(=O)C(=O)NO. The van der Waals surface area contributed by atoms with Gasteiger partial charge in [-0.05, 0) is 6.42 Å². The van der Waals surface area contributed by atoms with Crippen molar-refractivity contribution in [3.63, 3.8) is 0 Å². The first-order valence-electron chi connectivity index (χ1n) is 4.69. The molecule has 0 aromatic rings. The highest BCUT2D eigenvalue weighted by Crippen LogP contribution is 2.05. The summed E-state index contributed by atoms with van der Waals surface area (Å²) < 4.78 is 0. The summed E-state index contributed by atoms with van der Waals surface area (Å²) in [6.07, 6.45) is 5.36. The Labute approximate surface area is 78.3 Å². The van der Waals surface area contributed by atoms with Gasteiger partial charge in [-0.15, -0.1) is 0 Å². The van der Waals surface area contributed by atoms with Crippen molar-refractivity contribution in [1.29, 1.82) is 0 Å². The van der Waals surface area contributed by atoms with E-state index in [1.165, 1.54) is 11.9 Å². The van der Waals surface area contributed by atoms with Gasteiger partial charge in [0.05, 0.1) is 0 Å². The Kier molecular flexibility index (Phi) is 7.20. The standard InChI is InChI=1S/C9H17NO3/c1-2-3-4-5-6-7-8(11)9(12)10-13/h13H,2-7H2,1H3,(H,10,12). The molecule has 0 aliphatic heterocycles. The molecule has 0 saturated heterocycles. The smallest absolute Gasteiger partial charge is 0.289 e. The molecule has 0 heterocycles. The van der Waals surface area contributed by atoms with Crippen LogP contribution >= 0.6 is 0 Å². The Morgan fingerprint density at radius 1 is 1.15 bits per heavy atom. The van der Waals surface area contributed by atoms with Gasteiger partial charge in [0.25, 0.3) is 0 Å². The zero-order valence-electron chi connectivity index (χ0n) is 8.01. The summed E-state index contributed by atoms with van der Waals surface area (Å²) in [6, 6.07) is 0. The molecule has 0 rings (SSSR count). The van der Waals surface area contributed by atoms with E-state index < -0.39 is 11.7 Å². The van der Waals surface area contributed by atoms with Crippen LogP contribution in [0.5, 0.6) is 0 Å². The van der Waals surface area contributed by atoms with Crippen LogP contribution in [0.4, 0.5) is 0 Å². The fourth-order valence-electron chi connectivity index (χ4n) is 1.06. The summed E-state index contributed by atoms with van der Waals surface area (Å²) in [6.45, 7) is 2.12. The maximum Gasteiger partial charge on any atom is 0.310 e. The number of ketones is 1. The lowest BCUT2D eigenvalue weighted by Gasteiger charge is -1.98. The van der Waals surface area contributed by atoms with E-state index in [9.17, 15) is 9.59 Å². The molecule has 4 heteroatoms. The first kappa shape index (κ1) is 12.1. The fourth-order valence-corrected chi connectivity index (χ4v) is 1.06. The van der Waals surface area contributed by atoms with Gasteiger partial charge in [-0.1, -0.05) is 32.6 Å². The predicted octanol–water partition coefficient (Wildman–Crippen LogP) is 1.42. The summed E-state index contributed by atoms with van der Waals surface area (Å²) >= 11 is 0. The topological polar surface area (TPSA) is 66.4 Å². The third-order valence-electron chi connectivity index (χ3n) is 1.86. The van der Waals surface area contributed by atoms with E-state index in [2.05, 4.69) is 6.92 Å². The summed E-state index contributed by atoms with van der Waals surface area (Å²) in [5.74, 6) is -1.45. The van der Waals surface area contributed by atoms with Crippen molar-refractivity contribution in [2.45, 2.75) is 45.4 Å². The number of unbranched alkanes of at least 4 members (excludes halogenated alkanes) is 4. The van der Waals surface area contributed by atoms with Crippen LogP contribution in [0.2, 0.25) is 0 Å². The molecule has 13 heavy (non-hydrogen) atoms. The van der Waals surface area contributed by atoms with E-state index in [0.717, 1.165) is 25.7 Å². The monoisotopic (exact) mass is 187 g/mol. The number of nitrogens with one attached hydrogen (secondary N) is 1. The molecule has 0 spiro atoms. The molecular weight excluding hydrogens is 170 g/mol. The minimum atomic E-state index is -0.907. The number of hydrogen-bond donors (Lipinski definition) is 2. The minimum Gasteiger partial charge on any atom is -0.289 e. The van der Waals surface area contributed by atoms with Gasteiger partial charge in [0.1, 0.15) is 0 Å². The van der Waals surface area contributed by atoms with E-state index in [1.807, 2.05) is 0 Å². The lowest BCUT2D eigenvalue weighted by Crippen LogP contribution is -2.27. The Morgan fingerprint density at radius 2 is 1.77 bits per heavy atom. The second-order valence-corrected chi connectivity index (χ2v) is 3.03. The third kappa shape index (κ3) is 6.28. The van der Waals surface area contributed by atoms with E-state index in [-0.39, 0.29) is 6.42 Å². The van der Waals surface area contributed by atoms with E-state index in [0.29, 0.717) is 0 Å². The molecule has 0 bridgehead atoms. The summed E-state index contributed by atoms with van der Waals surface area (Å²) in [5, 5.41) is 8.13. The van der Waals surface area contributed by atoms with Crippen LogP contribution in [-0.2, 0) is 9.59 Å². The van der Waals surface area contributed by atoms with Crippen molar-refractivity contribution in [2.24, 2.45) is 0 Å². The van der Waals surface area contributed by atoms with Gasteiger partial charge in [-0.3, -0.25) is 14.8 Å². The quantitative estimate of drug-likeness (QED) is 0.274. The van der Waals surface area contributed by atoms with Crippen molar-refractivity contribution in [2.75, 3.05) is 0 Å². The molecule has 4 nitrogen and oxygen atoms in total. The first-order chi connectivity index (χ1) is 6.22. The van der Waals surface area contributed by atoms with Crippen LogP contribution in [-0.4, -0.2) is 16.9 Å². The molecule has 0 aliphatic carbocycles. The molecule has 0 aromatic heterocycles. The highest BCUT2D eigenvalue weighted by molar-refractivity contribution is 6.35. The molecule has 0 fully saturated rings. The molecule has 0 aromatic carbocycles. The molecule has 0 radical (unpaired) electrons. The lowest BCUT2D eigenvalue weighted by atomic mass is 10.1. The Hall–Kier alpha value is -0.900. The second kappa shape index (κ2) is 7.73. The molecular formula is C9H17NO3. The van der Waals surface area contributed by atoms with Crippen molar-refractivity contribution >= 4 is 11.7 Å². The van der Waals surface area contributed by atoms with Crippen molar-refractivity contribution in [1.82, 2.24) is 5.48 Å². The van der Waals surface area contributed by atoms with Gasteiger partial charge < -0.3 is 0 Å². The van der Waals surface area contributed by atoms with Gasteiger partial charge >= 0.3 is 5.91 Å². The summed E-state index contributed by atoms with van der Waals surface area (Å²) in [7, 11) is 0. The highest BCUT2D eigenvalue weighted by Gasteiger charge is 2.10. The number of rotatable bonds is 7. The van der Waals surface area contributed by atoms with Crippen LogP contribution in [0.25, 0.3) is 0 Å². The van der Waals surface area contributed by atoms with Crippen molar-refractivity contribution < 1.29 is 14.8 Å². The third-order valence-corrected chi connectivity index (χ3v) is 1.86. The van der Waals surface area contributed by atoms with E-state index in [1.54, 1.807) is 0 Å². The number of Topliss-reactive ketones (excluding diaryl/α,β-unsaturated/α-hetero) is 1. The number of hydrogen-bond acceptors (Lipinski definition) is 3. The number of carbonyl (C=O) groups is 2. The number of hydroxylamine groups is 1. The van der Waals surface area contributed by atoms with Crippen LogP contribution in [0.3, 0.4) is 0 Å². The maximum atomic E-state index is 10.8. The van der Waals surface area contributed by atoms with Crippen molar-refractivity contribution in [3.8, 4) is 0 Å². The minimum absolute atomic E-state index is 0.232. The Bertz CT molecular complexity index is 168. The fraction of sp³-hybridized carbons (Fsp3) is 0.778. The van der Waals surface area contributed by atoms with Gasteiger partial charge in [-0.2, -0.15) is 0 Å². The zero-order chi connectivity index (χ0) is 10.1. The normalized spacial score (nSPS) is 9.69. The van der Waals surface area contributed by atoms with Crippen LogP contribution < -0.4 is 5.48 Å². The second-order valence-electron chi connectivity index (χ2n) is 3.03. The maximum absolute atomic E-state index is 10.8. The Morgan fingerprint density at radius 3 is 2.31 bits per heavy atom. The zero-order valence-corrected chi connectivity index (χ0v) is 8.01. The van der Waals surface area contributed by atoms with Gasteiger partial charge in [0, 0.05) is 6.42 Å². The van der Waals surface area contributed by atoms with Crippen molar-refractivity contribution in [3.05, 3.63) is 0 Å². The average Bonchev–Trinajstić information content (AvgIpc) is 2.16. The highest BCUT2D eigenvalue weighted by atomic mass is 16.5. The van der Waals surface area contributed by atoms with Crippen LogP contribution in [0.1, 0.15) is 45.4 Å². The molecule has 1 amide bonds.